The Morgan fingerprint density at radius 1 is 0.533 bits per heavy atom. The number of unbranched alkanes of at least 4 members (excludes halogenated alkanes) is 7. The number of hydrogen-bond acceptors (Lipinski definition) is 9. The summed E-state index contributed by atoms with van der Waals surface area (Å²) in [4.78, 5) is 45.9. The van der Waals surface area contributed by atoms with Gasteiger partial charge in [0.05, 0.1) is 13.2 Å². The fraction of sp³-hybridized carbons (Fsp3) is 0.562. The lowest BCUT2D eigenvalue weighted by molar-refractivity contribution is -0.161. The molecule has 0 aliphatic rings. The van der Waals surface area contributed by atoms with Gasteiger partial charge in [-0.25, -0.2) is 4.57 Å². The van der Waals surface area contributed by atoms with Crippen LogP contribution in [-0.2, 0) is 37.5 Å². The summed E-state index contributed by atoms with van der Waals surface area (Å²) in [5, 5.41) is 8.89. The highest BCUT2D eigenvalue weighted by atomic mass is 31.2. The van der Waals surface area contributed by atoms with E-state index >= 15 is 0 Å². The number of carboxylic acid groups (broad SMARTS) is 1. The number of nitrogens with two attached hydrogens (primary N) is 1. The Hall–Kier alpha value is -3.86. The van der Waals surface area contributed by atoms with E-state index in [9.17, 15) is 23.8 Å². The normalized spacial score (nSPS) is 14.7. The van der Waals surface area contributed by atoms with Gasteiger partial charge in [0.2, 0.25) is 0 Å². The maximum atomic E-state index is 12.6. The van der Waals surface area contributed by atoms with E-state index in [1.54, 1.807) is 0 Å². The first-order valence-electron chi connectivity index (χ1n) is 21.9. The summed E-state index contributed by atoms with van der Waals surface area (Å²) in [6.07, 6.45) is 54.5. The monoisotopic (exact) mass is 858 g/mol. The van der Waals surface area contributed by atoms with Crippen LogP contribution in [0.5, 0.6) is 0 Å². The third kappa shape index (κ3) is 40.9. The lowest BCUT2D eigenvalue weighted by Crippen LogP contribution is -2.34. The first kappa shape index (κ1) is 56.1. The Morgan fingerprint density at radius 2 is 0.967 bits per heavy atom. The van der Waals surface area contributed by atoms with Gasteiger partial charge in [-0.3, -0.25) is 23.4 Å². The molecule has 0 aliphatic carbocycles. The van der Waals surface area contributed by atoms with E-state index in [-0.39, 0.29) is 12.8 Å². The Balaban J connectivity index is 4.55. The van der Waals surface area contributed by atoms with Crippen molar-refractivity contribution in [2.24, 2.45) is 5.73 Å². The number of hydrogen-bond donors (Lipinski definition) is 3. The average Bonchev–Trinajstić information content (AvgIpc) is 3.22. The molecule has 60 heavy (non-hydrogen) atoms. The summed E-state index contributed by atoms with van der Waals surface area (Å²) in [6.45, 7) is 2.54. The molecule has 0 radical (unpaired) electrons. The largest absolute Gasteiger partial charge is 0.480 e. The molecular weight excluding hydrogens is 781 g/mol. The van der Waals surface area contributed by atoms with Crippen molar-refractivity contribution in [3.63, 3.8) is 0 Å². The summed E-state index contributed by atoms with van der Waals surface area (Å²) in [5.74, 6) is -2.53. The fourth-order valence-corrected chi connectivity index (χ4v) is 5.87. The first-order valence-corrected chi connectivity index (χ1v) is 23.4. The molecule has 0 saturated carbocycles. The quantitative estimate of drug-likeness (QED) is 0.0232. The van der Waals surface area contributed by atoms with E-state index in [1.807, 2.05) is 12.2 Å². The van der Waals surface area contributed by atoms with Crippen molar-refractivity contribution in [2.75, 3.05) is 19.8 Å². The molecule has 12 heteroatoms. The number of phosphoric acid groups is 1. The number of esters is 2. The Bertz CT molecular complexity index is 1430. The van der Waals surface area contributed by atoms with Crippen LogP contribution in [-0.4, -0.2) is 59.9 Å². The predicted molar refractivity (Wildman–Crippen MR) is 244 cm³/mol. The molecule has 0 heterocycles. The van der Waals surface area contributed by atoms with Gasteiger partial charge in [-0.2, -0.15) is 0 Å². The van der Waals surface area contributed by atoms with Crippen LogP contribution in [0.1, 0.15) is 142 Å². The van der Waals surface area contributed by atoms with Gasteiger partial charge in [0.15, 0.2) is 6.10 Å². The highest BCUT2D eigenvalue weighted by molar-refractivity contribution is 7.47. The van der Waals surface area contributed by atoms with Gasteiger partial charge >= 0.3 is 25.7 Å². The van der Waals surface area contributed by atoms with Gasteiger partial charge < -0.3 is 25.2 Å². The lowest BCUT2D eigenvalue weighted by atomic mass is 10.1. The minimum Gasteiger partial charge on any atom is -0.480 e. The third-order valence-electron chi connectivity index (χ3n) is 8.52. The van der Waals surface area contributed by atoms with Crippen LogP contribution in [0.25, 0.3) is 0 Å². The van der Waals surface area contributed by atoms with E-state index in [0.717, 1.165) is 83.5 Å². The molecular formula is C48H76NO10P. The van der Waals surface area contributed by atoms with Crippen LogP contribution in [0, 0.1) is 0 Å². The third-order valence-corrected chi connectivity index (χ3v) is 9.47. The molecule has 0 aromatic heterocycles. The molecule has 338 valence electrons. The van der Waals surface area contributed by atoms with Gasteiger partial charge in [0.1, 0.15) is 12.6 Å². The molecule has 0 fully saturated rings. The van der Waals surface area contributed by atoms with Crippen LogP contribution >= 0.6 is 7.82 Å². The van der Waals surface area contributed by atoms with Crippen molar-refractivity contribution in [3.8, 4) is 0 Å². The highest BCUT2D eigenvalue weighted by Crippen LogP contribution is 2.43. The number of rotatable bonds is 39. The number of phosphoric ester groups is 1. The number of ether oxygens (including phenoxy) is 2. The molecule has 0 spiro atoms. The maximum Gasteiger partial charge on any atom is 0.472 e. The zero-order valence-electron chi connectivity index (χ0n) is 36.5. The summed E-state index contributed by atoms with van der Waals surface area (Å²) < 4.78 is 32.6. The predicted octanol–water partition coefficient (Wildman–Crippen LogP) is 11.8. The molecule has 0 saturated heterocycles. The van der Waals surface area contributed by atoms with Crippen LogP contribution in [0.15, 0.2) is 109 Å². The van der Waals surface area contributed by atoms with E-state index in [0.29, 0.717) is 12.8 Å². The second-order valence-electron chi connectivity index (χ2n) is 14.1. The van der Waals surface area contributed by atoms with E-state index in [1.165, 1.54) is 19.3 Å². The van der Waals surface area contributed by atoms with Crippen molar-refractivity contribution in [1.82, 2.24) is 0 Å². The van der Waals surface area contributed by atoms with Crippen LogP contribution < -0.4 is 5.73 Å². The number of carboxylic acids is 1. The molecule has 0 rings (SSSR count). The molecule has 3 atom stereocenters. The lowest BCUT2D eigenvalue weighted by Gasteiger charge is -2.20. The average molecular weight is 858 g/mol. The van der Waals surface area contributed by atoms with Gasteiger partial charge in [-0.1, -0.05) is 149 Å². The summed E-state index contributed by atoms with van der Waals surface area (Å²) in [7, 11) is -4.75. The zero-order chi connectivity index (χ0) is 44.2. The van der Waals surface area contributed by atoms with Crippen molar-refractivity contribution < 1.29 is 47.5 Å². The molecule has 0 aromatic rings. The van der Waals surface area contributed by atoms with Crippen molar-refractivity contribution >= 4 is 25.7 Å². The maximum absolute atomic E-state index is 12.6. The number of aliphatic carboxylic acids is 1. The van der Waals surface area contributed by atoms with Gasteiger partial charge in [-0.15, -0.1) is 0 Å². The molecule has 0 aromatic carbocycles. The molecule has 11 nitrogen and oxygen atoms in total. The minimum absolute atomic E-state index is 0.0844. The van der Waals surface area contributed by atoms with E-state index in [4.69, 9.17) is 24.8 Å². The Morgan fingerprint density at radius 3 is 1.45 bits per heavy atom. The van der Waals surface area contributed by atoms with Crippen LogP contribution in [0.2, 0.25) is 0 Å². The van der Waals surface area contributed by atoms with Crippen LogP contribution in [0.3, 0.4) is 0 Å². The molecule has 3 unspecified atom stereocenters. The second kappa shape index (κ2) is 41.9. The van der Waals surface area contributed by atoms with Crippen molar-refractivity contribution in [2.45, 2.75) is 154 Å². The van der Waals surface area contributed by atoms with Crippen LogP contribution in [0.4, 0.5) is 0 Å². The molecule has 0 aliphatic heterocycles. The smallest absolute Gasteiger partial charge is 0.472 e. The molecule has 4 N–H and O–H groups in total. The number of carbonyl (C=O) groups is 3. The summed E-state index contributed by atoms with van der Waals surface area (Å²) >= 11 is 0. The number of allylic oxidation sites excluding steroid dienone is 18. The zero-order valence-corrected chi connectivity index (χ0v) is 37.4. The molecule has 0 bridgehead atoms. The van der Waals surface area contributed by atoms with Gasteiger partial charge in [-0.05, 0) is 89.9 Å². The van der Waals surface area contributed by atoms with Crippen molar-refractivity contribution in [1.29, 1.82) is 0 Å². The van der Waals surface area contributed by atoms with Gasteiger partial charge in [0, 0.05) is 12.8 Å². The summed E-state index contributed by atoms with van der Waals surface area (Å²) in [6, 6.07) is -1.54. The fourth-order valence-electron chi connectivity index (χ4n) is 5.10. The Labute approximate surface area is 361 Å². The molecule has 0 amide bonds. The standard InChI is InChI=1S/C48H76NO10P/c1-3-5-7-9-11-13-15-17-19-21-22-24-25-27-29-31-33-35-37-39-46(50)56-41-44(42-57-60(54,55)58-43-45(49)48(52)53)59-47(51)40-38-36-34-32-30-28-26-23-20-18-16-14-12-10-8-6-4-2/h5,7,11-14,17-20,22,24,26-29,33,35,44-45H,3-4,6,8-10,15-16,21,23,25,30-32,34,36-43,49H2,1-2H3,(H,52,53)(H,54,55). The minimum atomic E-state index is -4.75. The highest BCUT2D eigenvalue weighted by Gasteiger charge is 2.28. The summed E-state index contributed by atoms with van der Waals surface area (Å²) in [5.41, 5.74) is 5.33. The Kier molecular flexibility index (Phi) is 39.2. The second-order valence-corrected chi connectivity index (χ2v) is 15.5. The first-order chi connectivity index (χ1) is 29.1. The SMILES string of the molecule is CCC=CCC=CCC=CCC=CCC=CCC=CCCC(=O)OCC(COP(=O)(O)OCC(N)C(=O)O)OC(=O)CCCCCCC=CCC=CCC=CCCCCC. The topological polar surface area (TPSA) is 172 Å². The number of carbonyl (C=O) groups excluding carboxylic acids is 2. The van der Waals surface area contributed by atoms with Crippen molar-refractivity contribution in [3.05, 3.63) is 109 Å². The van der Waals surface area contributed by atoms with Gasteiger partial charge in [0.25, 0.3) is 0 Å². The van der Waals surface area contributed by atoms with E-state index in [2.05, 4.69) is 116 Å². The van der Waals surface area contributed by atoms with E-state index < -0.39 is 57.7 Å².